The molecule has 2 aromatic rings. The van der Waals surface area contributed by atoms with E-state index in [2.05, 4.69) is 5.32 Å². The Morgan fingerprint density at radius 2 is 1.84 bits per heavy atom. The van der Waals surface area contributed by atoms with Gasteiger partial charge in [0.1, 0.15) is 11.8 Å². The molecule has 0 aromatic heterocycles. The number of rotatable bonds is 8. The molecule has 0 bridgehead atoms. The molecule has 7 heteroatoms. The molecule has 1 aliphatic rings. The summed E-state index contributed by atoms with van der Waals surface area (Å²) in [6, 6.07) is 12.1. The van der Waals surface area contributed by atoms with Gasteiger partial charge in [0.25, 0.3) is 5.91 Å². The zero-order chi connectivity index (χ0) is 22.4. The van der Waals surface area contributed by atoms with Crippen molar-refractivity contribution >= 4 is 35.0 Å². The van der Waals surface area contributed by atoms with Crippen LogP contribution in [0.3, 0.4) is 0 Å². The maximum atomic E-state index is 13.1. The minimum absolute atomic E-state index is 0.158. The van der Waals surface area contributed by atoms with Crippen molar-refractivity contribution in [2.75, 3.05) is 6.61 Å². The lowest BCUT2D eigenvalue weighted by Crippen LogP contribution is -2.50. The number of hydrogen-bond donors (Lipinski definition) is 1. The molecule has 0 spiro atoms. The predicted octanol–water partition coefficient (Wildman–Crippen LogP) is 5.16. The summed E-state index contributed by atoms with van der Waals surface area (Å²) in [6.07, 6.45) is 4.21. The fourth-order valence-electron chi connectivity index (χ4n) is 3.72. The Morgan fingerprint density at radius 3 is 2.52 bits per heavy atom. The second-order valence-electron chi connectivity index (χ2n) is 7.98. The molecule has 1 unspecified atom stereocenters. The van der Waals surface area contributed by atoms with Crippen molar-refractivity contribution in [3.05, 3.63) is 63.6 Å². The van der Waals surface area contributed by atoms with E-state index in [1.807, 2.05) is 25.1 Å². The lowest BCUT2D eigenvalue weighted by atomic mass is 10.1. The Kier molecular flexibility index (Phi) is 8.22. The van der Waals surface area contributed by atoms with Crippen LogP contribution >= 0.6 is 23.2 Å². The van der Waals surface area contributed by atoms with Gasteiger partial charge in [0.05, 0.1) is 0 Å². The average Bonchev–Trinajstić information content (AvgIpc) is 3.26. The van der Waals surface area contributed by atoms with E-state index in [1.165, 1.54) is 4.90 Å². The van der Waals surface area contributed by atoms with Crippen molar-refractivity contribution in [1.29, 1.82) is 0 Å². The normalized spacial score (nSPS) is 14.8. The van der Waals surface area contributed by atoms with Crippen molar-refractivity contribution in [1.82, 2.24) is 10.2 Å². The third kappa shape index (κ3) is 6.37. The lowest BCUT2D eigenvalue weighted by molar-refractivity contribution is -0.142. The number of aryl methyl sites for hydroxylation is 1. The van der Waals surface area contributed by atoms with Crippen LogP contribution in [-0.2, 0) is 16.1 Å². The number of ether oxygens (including phenoxy) is 1. The Balaban J connectivity index is 1.73. The fraction of sp³-hybridized carbons (Fsp3) is 0.417. The number of benzene rings is 2. The Hall–Kier alpha value is -2.24. The molecule has 0 radical (unpaired) electrons. The van der Waals surface area contributed by atoms with Crippen LogP contribution in [-0.4, -0.2) is 35.4 Å². The molecule has 1 fully saturated rings. The van der Waals surface area contributed by atoms with Gasteiger partial charge in [0.15, 0.2) is 6.61 Å². The first kappa shape index (κ1) is 23.4. The monoisotopic (exact) mass is 462 g/mol. The van der Waals surface area contributed by atoms with Gasteiger partial charge in [-0.25, -0.2) is 0 Å². The molecule has 1 aliphatic carbocycles. The van der Waals surface area contributed by atoms with E-state index in [1.54, 1.807) is 31.2 Å². The lowest BCUT2D eigenvalue weighted by Gasteiger charge is -2.30. The number of amides is 2. The van der Waals surface area contributed by atoms with Crippen LogP contribution in [0.15, 0.2) is 42.5 Å². The summed E-state index contributed by atoms with van der Waals surface area (Å²) in [5.41, 5.74) is 1.64. The molecule has 5 nitrogen and oxygen atoms in total. The first-order valence-corrected chi connectivity index (χ1v) is 11.3. The Bertz CT molecular complexity index is 929. The van der Waals surface area contributed by atoms with E-state index in [9.17, 15) is 9.59 Å². The molecule has 1 atom stereocenters. The van der Waals surface area contributed by atoms with Crippen molar-refractivity contribution in [3.63, 3.8) is 0 Å². The molecular formula is C24H28Cl2N2O3. The zero-order valence-corrected chi connectivity index (χ0v) is 19.4. The van der Waals surface area contributed by atoms with Crippen molar-refractivity contribution in [2.24, 2.45) is 0 Å². The highest BCUT2D eigenvalue weighted by Crippen LogP contribution is 2.23. The summed E-state index contributed by atoms with van der Waals surface area (Å²) >= 11 is 12.4. The van der Waals surface area contributed by atoms with E-state index in [4.69, 9.17) is 27.9 Å². The molecule has 2 amide bonds. The van der Waals surface area contributed by atoms with Gasteiger partial charge in [-0.05, 0) is 62.1 Å². The smallest absolute Gasteiger partial charge is 0.261 e. The highest BCUT2D eigenvalue weighted by molar-refractivity contribution is 6.31. The summed E-state index contributed by atoms with van der Waals surface area (Å²) < 4.78 is 5.70. The van der Waals surface area contributed by atoms with Crippen LogP contribution in [0.1, 0.15) is 43.7 Å². The number of hydrogen-bond acceptors (Lipinski definition) is 3. The third-order valence-electron chi connectivity index (χ3n) is 5.66. The van der Waals surface area contributed by atoms with Crippen molar-refractivity contribution in [2.45, 2.75) is 58.2 Å². The van der Waals surface area contributed by atoms with Gasteiger partial charge in [-0.2, -0.15) is 0 Å². The minimum Gasteiger partial charge on any atom is -0.484 e. The van der Waals surface area contributed by atoms with Crippen LogP contribution in [0.25, 0.3) is 0 Å². The quantitative estimate of drug-likeness (QED) is 0.589. The van der Waals surface area contributed by atoms with Crippen molar-refractivity contribution < 1.29 is 14.3 Å². The number of nitrogens with zero attached hydrogens (tertiary/aromatic N) is 1. The zero-order valence-electron chi connectivity index (χ0n) is 17.9. The second kappa shape index (κ2) is 10.9. The molecule has 3 rings (SSSR count). The van der Waals surface area contributed by atoms with Crippen LogP contribution in [0.2, 0.25) is 10.0 Å². The standard InChI is InChI=1S/C24H28Cl2N2O3/c1-16-13-20(11-12-21(16)25)31-15-23(29)28(14-18-7-3-6-10-22(18)26)17(2)24(30)27-19-8-4-5-9-19/h3,6-7,10-13,17,19H,4-5,8-9,14-15H2,1-2H3,(H,27,30). The maximum Gasteiger partial charge on any atom is 0.261 e. The number of carbonyl (C=O) groups excluding carboxylic acids is 2. The van der Waals surface area contributed by atoms with E-state index in [-0.39, 0.29) is 31.0 Å². The first-order valence-electron chi connectivity index (χ1n) is 10.6. The predicted molar refractivity (Wildman–Crippen MR) is 124 cm³/mol. The molecule has 31 heavy (non-hydrogen) atoms. The first-order chi connectivity index (χ1) is 14.8. The molecule has 1 saturated carbocycles. The van der Waals surface area contributed by atoms with Gasteiger partial charge in [-0.3, -0.25) is 9.59 Å². The largest absolute Gasteiger partial charge is 0.484 e. The van der Waals surface area contributed by atoms with Crippen LogP contribution in [0.4, 0.5) is 0 Å². The van der Waals surface area contributed by atoms with Crippen molar-refractivity contribution in [3.8, 4) is 5.75 Å². The van der Waals surface area contributed by atoms with Gasteiger partial charge < -0.3 is 15.0 Å². The van der Waals surface area contributed by atoms with Crippen LogP contribution in [0.5, 0.6) is 5.75 Å². The molecule has 1 N–H and O–H groups in total. The second-order valence-corrected chi connectivity index (χ2v) is 8.79. The summed E-state index contributed by atoms with van der Waals surface area (Å²) in [6.45, 7) is 3.65. The average molecular weight is 463 g/mol. The highest BCUT2D eigenvalue weighted by atomic mass is 35.5. The highest BCUT2D eigenvalue weighted by Gasteiger charge is 2.29. The molecule has 0 heterocycles. The summed E-state index contributed by atoms with van der Waals surface area (Å²) in [5.74, 6) is 0.104. The van der Waals surface area contributed by atoms with E-state index < -0.39 is 6.04 Å². The van der Waals surface area contributed by atoms with E-state index in [0.29, 0.717) is 15.8 Å². The van der Waals surface area contributed by atoms with Gasteiger partial charge in [-0.1, -0.05) is 54.2 Å². The number of nitrogens with one attached hydrogen (secondary N) is 1. The van der Waals surface area contributed by atoms with Crippen LogP contribution in [0, 0.1) is 6.92 Å². The molecule has 2 aromatic carbocycles. The van der Waals surface area contributed by atoms with Crippen LogP contribution < -0.4 is 10.1 Å². The van der Waals surface area contributed by atoms with Gasteiger partial charge in [-0.15, -0.1) is 0 Å². The van der Waals surface area contributed by atoms with E-state index in [0.717, 1.165) is 36.8 Å². The number of carbonyl (C=O) groups is 2. The Morgan fingerprint density at radius 1 is 1.13 bits per heavy atom. The maximum absolute atomic E-state index is 13.1. The topological polar surface area (TPSA) is 58.6 Å². The molecule has 166 valence electrons. The minimum atomic E-state index is -0.653. The van der Waals surface area contributed by atoms with Gasteiger partial charge >= 0.3 is 0 Å². The van der Waals surface area contributed by atoms with Gasteiger partial charge in [0, 0.05) is 22.6 Å². The number of halogens is 2. The Labute approximate surface area is 193 Å². The summed E-state index contributed by atoms with van der Waals surface area (Å²) in [7, 11) is 0. The van der Waals surface area contributed by atoms with Gasteiger partial charge in [0.2, 0.25) is 5.91 Å². The summed E-state index contributed by atoms with van der Waals surface area (Å²) in [4.78, 5) is 27.5. The third-order valence-corrected chi connectivity index (χ3v) is 6.45. The molecule has 0 saturated heterocycles. The SMILES string of the molecule is Cc1cc(OCC(=O)N(Cc2ccccc2Cl)C(C)C(=O)NC2CCCC2)ccc1Cl. The summed E-state index contributed by atoms with van der Waals surface area (Å²) in [5, 5.41) is 4.27. The van der Waals surface area contributed by atoms with E-state index >= 15 is 0 Å². The fourth-order valence-corrected chi connectivity index (χ4v) is 4.03. The molecule has 0 aliphatic heterocycles. The molecular weight excluding hydrogens is 435 g/mol.